The zero-order valence-corrected chi connectivity index (χ0v) is 10.9. The zero-order chi connectivity index (χ0) is 13.7. The quantitative estimate of drug-likeness (QED) is 0.590. The number of nitrogen functional groups attached to an aromatic ring is 1. The Morgan fingerprint density at radius 3 is 2.05 bits per heavy atom. The van der Waals surface area contributed by atoms with Crippen molar-refractivity contribution in [3.63, 3.8) is 0 Å². The molecule has 0 radical (unpaired) electrons. The fraction of sp³-hybridized carbons (Fsp3) is 0.0588. The number of hydrogen-bond acceptors (Lipinski definition) is 2. The van der Waals surface area contributed by atoms with E-state index >= 15 is 0 Å². The molecule has 3 aromatic carbocycles. The molecule has 0 aromatic heterocycles. The summed E-state index contributed by atoms with van der Waals surface area (Å²) in [5, 5.41) is 11.4. The van der Waals surface area contributed by atoms with Crippen LogP contribution in [0.25, 0.3) is 10.8 Å². The molecule has 0 bridgehead atoms. The Labute approximate surface area is 113 Å². The number of para-hydroxylation sites is 1. The van der Waals surface area contributed by atoms with Gasteiger partial charge in [0.05, 0.1) is 0 Å². The maximum atomic E-state index is 9.37. The third kappa shape index (κ3) is 3.26. The lowest BCUT2D eigenvalue weighted by Gasteiger charge is -1.97. The molecule has 2 heteroatoms. The summed E-state index contributed by atoms with van der Waals surface area (Å²) >= 11 is 0. The molecule has 0 aliphatic rings. The third-order valence-electron chi connectivity index (χ3n) is 2.96. The number of phenolic OH excluding ortho intramolecular Hbond substituents is 1. The van der Waals surface area contributed by atoms with E-state index in [2.05, 4.69) is 0 Å². The topological polar surface area (TPSA) is 46.2 Å². The molecule has 3 N–H and O–H groups in total. The second-order valence-corrected chi connectivity index (χ2v) is 4.35. The van der Waals surface area contributed by atoms with E-state index in [1.54, 1.807) is 6.07 Å². The normalized spacial score (nSPS) is 9.74. The van der Waals surface area contributed by atoms with Gasteiger partial charge in [0, 0.05) is 11.1 Å². The van der Waals surface area contributed by atoms with Gasteiger partial charge in [0.2, 0.25) is 0 Å². The number of rotatable bonds is 0. The molecule has 0 saturated heterocycles. The Morgan fingerprint density at radius 1 is 0.789 bits per heavy atom. The average Bonchev–Trinajstić information content (AvgIpc) is 2.44. The summed E-state index contributed by atoms with van der Waals surface area (Å²) < 4.78 is 0. The molecule has 3 aromatic rings. The van der Waals surface area contributed by atoms with Crippen molar-refractivity contribution in [2.45, 2.75) is 6.92 Å². The van der Waals surface area contributed by atoms with Gasteiger partial charge in [-0.05, 0) is 30.0 Å². The van der Waals surface area contributed by atoms with Gasteiger partial charge in [-0.2, -0.15) is 0 Å². The Balaban J connectivity index is 0.000000148. The van der Waals surface area contributed by atoms with E-state index in [0.717, 1.165) is 22.0 Å². The van der Waals surface area contributed by atoms with Gasteiger partial charge < -0.3 is 10.8 Å². The first kappa shape index (κ1) is 13.0. The Bertz CT molecular complexity index is 650. The number of aromatic hydroxyl groups is 1. The van der Waals surface area contributed by atoms with Crippen LogP contribution in [0.15, 0.2) is 66.7 Å². The summed E-state index contributed by atoms with van der Waals surface area (Å²) in [6.45, 7) is 2.00. The lowest BCUT2D eigenvalue weighted by Crippen LogP contribution is -1.85. The molecule has 0 heterocycles. The van der Waals surface area contributed by atoms with Crippen molar-refractivity contribution in [2.75, 3.05) is 5.73 Å². The number of nitrogens with two attached hydrogens (primary N) is 1. The minimum Gasteiger partial charge on any atom is -0.507 e. The summed E-state index contributed by atoms with van der Waals surface area (Å²) in [7, 11) is 0. The van der Waals surface area contributed by atoms with Crippen molar-refractivity contribution in [2.24, 2.45) is 0 Å². The van der Waals surface area contributed by atoms with Crippen LogP contribution in [0.1, 0.15) is 5.56 Å². The highest BCUT2D eigenvalue weighted by Gasteiger charge is 1.94. The van der Waals surface area contributed by atoms with Crippen molar-refractivity contribution in [1.82, 2.24) is 0 Å². The second-order valence-electron chi connectivity index (χ2n) is 4.35. The van der Waals surface area contributed by atoms with Crippen LogP contribution < -0.4 is 5.73 Å². The van der Waals surface area contributed by atoms with E-state index < -0.39 is 0 Å². The maximum absolute atomic E-state index is 9.37. The predicted molar refractivity (Wildman–Crippen MR) is 81.2 cm³/mol. The molecule has 19 heavy (non-hydrogen) atoms. The number of hydrogen-bond donors (Lipinski definition) is 2. The fourth-order valence-corrected chi connectivity index (χ4v) is 1.80. The molecular formula is C17H17NO. The van der Waals surface area contributed by atoms with Crippen molar-refractivity contribution < 1.29 is 5.11 Å². The van der Waals surface area contributed by atoms with Gasteiger partial charge >= 0.3 is 0 Å². The molecule has 0 spiro atoms. The van der Waals surface area contributed by atoms with Gasteiger partial charge in [0.15, 0.2) is 0 Å². The fourth-order valence-electron chi connectivity index (χ4n) is 1.80. The van der Waals surface area contributed by atoms with Crippen molar-refractivity contribution >= 4 is 16.5 Å². The lowest BCUT2D eigenvalue weighted by molar-refractivity contribution is 0.481. The summed E-state index contributed by atoms with van der Waals surface area (Å²) in [6, 6.07) is 21.1. The number of phenols is 1. The second kappa shape index (κ2) is 5.91. The van der Waals surface area contributed by atoms with E-state index in [0.29, 0.717) is 5.75 Å². The highest BCUT2D eigenvalue weighted by molar-refractivity contribution is 5.87. The van der Waals surface area contributed by atoms with Gasteiger partial charge in [-0.3, -0.25) is 0 Å². The number of fused-ring (bicyclic) bond motifs is 1. The molecule has 0 amide bonds. The van der Waals surface area contributed by atoms with Crippen molar-refractivity contribution in [3.8, 4) is 5.75 Å². The van der Waals surface area contributed by atoms with Crippen LogP contribution in [0.4, 0.5) is 5.69 Å². The van der Waals surface area contributed by atoms with Crippen LogP contribution in [-0.4, -0.2) is 5.11 Å². The molecule has 0 atom stereocenters. The largest absolute Gasteiger partial charge is 0.507 e. The van der Waals surface area contributed by atoms with Gasteiger partial charge in [-0.1, -0.05) is 54.6 Å². The first-order valence-corrected chi connectivity index (χ1v) is 6.16. The van der Waals surface area contributed by atoms with E-state index in [-0.39, 0.29) is 0 Å². The minimum atomic E-state index is 0.350. The van der Waals surface area contributed by atoms with Crippen LogP contribution in [0.5, 0.6) is 5.75 Å². The molecule has 2 nitrogen and oxygen atoms in total. The zero-order valence-electron chi connectivity index (χ0n) is 10.9. The van der Waals surface area contributed by atoms with Gasteiger partial charge in [-0.15, -0.1) is 0 Å². The van der Waals surface area contributed by atoms with Gasteiger partial charge in [0.1, 0.15) is 5.75 Å². The maximum Gasteiger partial charge on any atom is 0.123 e. The summed E-state index contributed by atoms with van der Waals surface area (Å²) in [6.07, 6.45) is 0. The molecule has 0 unspecified atom stereocenters. The van der Waals surface area contributed by atoms with Gasteiger partial charge in [0.25, 0.3) is 0 Å². The van der Waals surface area contributed by atoms with Crippen LogP contribution in [0.2, 0.25) is 0 Å². The van der Waals surface area contributed by atoms with Crippen LogP contribution in [0, 0.1) is 6.92 Å². The molecule has 0 aliphatic carbocycles. The van der Waals surface area contributed by atoms with E-state index in [1.807, 2.05) is 67.6 Å². The SMILES string of the molecule is Cc1ccccc1N.Oc1cccc2ccccc12. The smallest absolute Gasteiger partial charge is 0.123 e. The third-order valence-corrected chi connectivity index (χ3v) is 2.96. The number of aryl methyl sites for hydroxylation is 1. The molecule has 0 saturated carbocycles. The average molecular weight is 251 g/mol. The number of anilines is 1. The molecule has 3 rings (SSSR count). The Hall–Kier alpha value is -2.48. The molecule has 0 aliphatic heterocycles. The van der Waals surface area contributed by atoms with Crippen molar-refractivity contribution in [3.05, 3.63) is 72.3 Å². The van der Waals surface area contributed by atoms with Crippen molar-refractivity contribution in [1.29, 1.82) is 0 Å². The van der Waals surface area contributed by atoms with E-state index in [1.165, 1.54) is 0 Å². The summed E-state index contributed by atoms with van der Waals surface area (Å²) in [5.74, 6) is 0.350. The van der Waals surface area contributed by atoms with Crippen LogP contribution in [0.3, 0.4) is 0 Å². The monoisotopic (exact) mass is 251 g/mol. The predicted octanol–water partition coefficient (Wildman–Crippen LogP) is 4.12. The molecular weight excluding hydrogens is 234 g/mol. The summed E-state index contributed by atoms with van der Waals surface area (Å²) in [4.78, 5) is 0. The highest BCUT2D eigenvalue weighted by Crippen LogP contribution is 2.22. The minimum absolute atomic E-state index is 0.350. The number of benzene rings is 3. The highest BCUT2D eigenvalue weighted by atomic mass is 16.3. The first-order valence-electron chi connectivity index (χ1n) is 6.16. The standard InChI is InChI=1S/C10H8O.C7H9N/c11-10-7-3-5-8-4-1-2-6-9(8)10;1-6-4-2-3-5-7(6)8/h1-7,11H;2-5H,8H2,1H3. The Kier molecular flexibility index (Phi) is 4.04. The summed E-state index contributed by atoms with van der Waals surface area (Å²) in [5.41, 5.74) is 7.53. The van der Waals surface area contributed by atoms with Gasteiger partial charge in [-0.25, -0.2) is 0 Å². The molecule has 0 fully saturated rings. The van der Waals surface area contributed by atoms with Crippen LogP contribution in [-0.2, 0) is 0 Å². The Morgan fingerprint density at radius 2 is 1.42 bits per heavy atom. The lowest BCUT2D eigenvalue weighted by atomic mass is 10.1. The first-order chi connectivity index (χ1) is 9.18. The van der Waals surface area contributed by atoms with Crippen LogP contribution >= 0.6 is 0 Å². The van der Waals surface area contributed by atoms with E-state index in [9.17, 15) is 5.11 Å². The van der Waals surface area contributed by atoms with E-state index in [4.69, 9.17) is 5.73 Å². The molecule has 96 valence electrons.